The third-order valence-corrected chi connectivity index (χ3v) is 11.3. The molecule has 2 nitrogen and oxygen atoms in total. The van der Waals surface area contributed by atoms with E-state index in [2.05, 4.69) is 228 Å². The summed E-state index contributed by atoms with van der Waals surface area (Å²) < 4.78 is 4.79. The predicted octanol–water partition coefficient (Wildman–Crippen LogP) is 14.5. The van der Waals surface area contributed by atoms with Gasteiger partial charge in [0.2, 0.25) is 0 Å². The quantitative estimate of drug-likeness (QED) is 0.162. The molecule has 2 heteroatoms. The Bertz CT molecular complexity index is 3190. The largest absolute Gasteiger partial charge is 0.309 e. The zero-order valence-electron chi connectivity index (χ0n) is 30.7. The van der Waals surface area contributed by atoms with Crippen LogP contribution < -0.4 is 0 Å². The Morgan fingerprint density at radius 2 is 0.643 bits per heavy atom. The molecule has 0 saturated carbocycles. The van der Waals surface area contributed by atoms with Crippen molar-refractivity contribution < 1.29 is 0 Å². The van der Waals surface area contributed by atoms with Gasteiger partial charge in [0.15, 0.2) is 0 Å². The lowest BCUT2D eigenvalue weighted by atomic mass is 9.95. The summed E-state index contributed by atoms with van der Waals surface area (Å²) in [6, 6.07) is 79.3. The molecule has 0 radical (unpaired) electrons. The van der Waals surface area contributed by atoms with E-state index in [1.807, 2.05) is 0 Å². The fourth-order valence-corrected chi connectivity index (χ4v) is 8.68. The fraction of sp³-hybridized carbons (Fsp3) is 0. The van der Waals surface area contributed by atoms with Crippen LogP contribution in [0.3, 0.4) is 0 Å². The number of hydrogen-bond donors (Lipinski definition) is 0. The van der Waals surface area contributed by atoms with Gasteiger partial charge in [-0.3, -0.25) is 0 Å². The Kier molecular flexibility index (Phi) is 7.53. The summed E-state index contributed by atoms with van der Waals surface area (Å²) in [5.41, 5.74) is 16.9. The molecule has 0 aliphatic rings. The van der Waals surface area contributed by atoms with Crippen LogP contribution in [0.5, 0.6) is 0 Å². The summed E-state index contributed by atoms with van der Waals surface area (Å²) in [5.74, 6) is 0. The van der Waals surface area contributed by atoms with Crippen molar-refractivity contribution >= 4 is 43.6 Å². The number of nitrogens with zero attached hydrogens (tertiary/aromatic N) is 2. The van der Waals surface area contributed by atoms with E-state index >= 15 is 0 Å². The van der Waals surface area contributed by atoms with E-state index in [1.165, 1.54) is 93.8 Å². The van der Waals surface area contributed by atoms with Crippen LogP contribution in [0.15, 0.2) is 218 Å². The molecule has 56 heavy (non-hydrogen) atoms. The van der Waals surface area contributed by atoms with Crippen molar-refractivity contribution in [2.45, 2.75) is 0 Å². The first kappa shape index (κ1) is 32.0. The van der Waals surface area contributed by atoms with E-state index in [0.717, 1.165) is 5.69 Å². The highest BCUT2D eigenvalue weighted by atomic mass is 15.0. The fourth-order valence-electron chi connectivity index (χ4n) is 8.68. The van der Waals surface area contributed by atoms with Crippen LogP contribution in [-0.4, -0.2) is 9.13 Å². The van der Waals surface area contributed by atoms with Crippen LogP contribution in [0.4, 0.5) is 0 Å². The Morgan fingerprint density at radius 1 is 0.232 bits per heavy atom. The average molecular weight is 713 g/mol. The van der Waals surface area contributed by atoms with E-state index in [0.29, 0.717) is 0 Å². The number of rotatable bonds is 6. The standard InChI is InChI=1S/C54H36N2/c1-4-13-37(14-5-1)38-23-25-39(26-24-38)40-27-29-41(30-28-40)46-20-12-22-53-54(46)49-36-43(32-34-52(49)56(53)45-17-8-3-9-18-45)42-31-33-51-48(35-42)47-19-10-11-21-50(47)55(51)44-15-6-2-7-16-44/h1-36H. The summed E-state index contributed by atoms with van der Waals surface area (Å²) >= 11 is 0. The highest BCUT2D eigenvalue weighted by Crippen LogP contribution is 2.42. The molecule has 2 aromatic heterocycles. The lowest BCUT2D eigenvalue weighted by molar-refractivity contribution is 1.18. The van der Waals surface area contributed by atoms with E-state index in [1.54, 1.807) is 0 Å². The Morgan fingerprint density at radius 3 is 1.25 bits per heavy atom. The molecule has 0 N–H and O–H groups in total. The summed E-state index contributed by atoms with van der Waals surface area (Å²) in [6.07, 6.45) is 0. The van der Waals surface area contributed by atoms with Gasteiger partial charge in [0.1, 0.15) is 0 Å². The average Bonchev–Trinajstić information content (AvgIpc) is 3.80. The summed E-state index contributed by atoms with van der Waals surface area (Å²) in [6.45, 7) is 0. The first-order valence-corrected chi connectivity index (χ1v) is 19.3. The molecule has 0 unspecified atom stereocenters. The molecule has 0 saturated heterocycles. The molecule has 0 amide bonds. The first-order valence-electron chi connectivity index (χ1n) is 19.3. The van der Waals surface area contributed by atoms with Crippen molar-refractivity contribution in [2.75, 3.05) is 0 Å². The molecule has 262 valence electrons. The minimum absolute atomic E-state index is 1.15. The van der Waals surface area contributed by atoms with Crippen molar-refractivity contribution in [3.05, 3.63) is 218 Å². The molecule has 11 rings (SSSR count). The van der Waals surface area contributed by atoms with E-state index in [4.69, 9.17) is 0 Å². The summed E-state index contributed by atoms with van der Waals surface area (Å²) in [7, 11) is 0. The van der Waals surface area contributed by atoms with E-state index in [-0.39, 0.29) is 0 Å². The van der Waals surface area contributed by atoms with Gasteiger partial charge >= 0.3 is 0 Å². The minimum atomic E-state index is 1.15. The van der Waals surface area contributed by atoms with Gasteiger partial charge in [-0.25, -0.2) is 0 Å². The highest BCUT2D eigenvalue weighted by molar-refractivity contribution is 6.17. The van der Waals surface area contributed by atoms with E-state index < -0.39 is 0 Å². The molecular formula is C54H36N2. The lowest BCUT2D eigenvalue weighted by Crippen LogP contribution is -1.93. The monoisotopic (exact) mass is 712 g/mol. The second kappa shape index (κ2) is 13.2. The van der Waals surface area contributed by atoms with Crippen molar-refractivity contribution in [2.24, 2.45) is 0 Å². The maximum absolute atomic E-state index is 2.41. The normalized spacial score (nSPS) is 11.6. The Labute approximate surface area is 325 Å². The van der Waals surface area contributed by atoms with Gasteiger partial charge < -0.3 is 9.13 Å². The molecule has 0 spiro atoms. The van der Waals surface area contributed by atoms with Gasteiger partial charge in [0, 0.05) is 32.9 Å². The minimum Gasteiger partial charge on any atom is -0.309 e. The topological polar surface area (TPSA) is 9.86 Å². The molecule has 0 bridgehead atoms. The zero-order valence-corrected chi connectivity index (χ0v) is 30.7. The number of aromatic nitrogens is 2. The molecule has 9 aromatic carbocycles. The van der Waals surface area contributed by atoms with Gasteiger partial charge in [-0.15, -0.1) is 0 Å². The van der Waals surface area contributed by atoms with E-state index in [9.17, 15) is 0 Å². The van der Waals surface area contributed by atoms with Crippen LogP contribution in [0.25, 0.3) is 99.5 Å². The molecule has 0 aliphatic carbocycles. The second-order valence-corrected chi connectivity index (χ2v) is 14.5. The maximum Gasteiger partial charge on any atom is 0.0547 e. The van der Waals surface area contributed by atoms with Crippen LogP contribution in [0.1, 0.15) is 0 Å². The van der Waals surface area contributed by atoms with Crippen molar-refractivity contribution in [3.63, 3.8) is 0 Å². The number of fused-ring (bicyclic) bond motifs is 6. The van der Waals surface area contributed by atoms with Gasteiger partial charge in [0.25, 0.3) is 0 Å². The van der Waals surface area contributed by atoms with Crippen molar-refractivity contribution in [3.8, 4) is 55.9 Å². The molecule has 0 aliphatic heterocycles. The van der Waals surface area contributed by atoms with Gasteiger partial charge in [-0.2, -0.15) is 0 Å². The molecule has 2 heterocycles. The van der Waals surface area contributed by atoms with Crippen LogP contribution in [0, 0.1) is 0 Å². The number of benzene rings is 9. The van der Waals surface area contributed by atoms with Gasteiger partial charge in [-0.05, 0) is 105 Å². The summed E-state index contributed by atoms with van der Waals surface area (Å²) in [5, 5.41) is 5.01. The first-order chi connectivity index (χ1) is 27.8. The third kappa shape index (κ3) is 5.26. The van der Waals surface area contributed by atoms with Crippen LogP contribution in [-0.2, 0) is 0 Å². The maximum atomic E-state index is 2.41. The van der Waals surface area contributed by atoms with Crippen molar-refractivity contribution in [1.82, 2.24) is 9.13 Å². The van der Waals surface area contributed by atoms with Gasteiger partial charge in [0.05, 0.1) is 22.1 Å². The van der Waals surface area contributed by atoms with Crippen molar-refractivity contribution in [1.29, 1.82) is 0 Å². The number of hydrogen-bond acceptors (Lipinski definition) is 0. The molecular weight excluding hydrogens is 677 g/mol. The van der Waals surface area contributed by atoms with Crippen LogP contribution >= 0.6 is 0 Å². The lowest BCUT2D eigenvalue weighted by Gasteiger charge is -2.09. The summed E-state index contributed by atoms with van der Waals surface area (Å²) in [4.78, 5) is 0. The molecule has 0 fully saturated rings. The SMILES string of the molecule is c1ccc(-c2ccc(-c3ccc(-c4cccc5c4c4cc(-c6ccc7c(c6)c6ccccc6n7-c6ccccc6)ccc4n5-c4ccccc4)cc3)cc2)cc1. The molecule has 11 aromatic rings. The molecule has 0 atom stereocenters. The second-order valence-electron chi connectivity index (χ2n) is 14.5. The zero-order chi connectivity index (χ0) is 37.0. The predicted molar refractivity (Wildman–Crippen MR) is 237 cm³/mol. The Hall–Kier alpha value is -7.42. The van der Waals surface area contributed by atoms with Crippen LogP contribution in [0.2, 0.25) is 0 Å². The highest BCUT2D eigenvalue weighted by Gasteiger charge is 2.18. The third-order valence-electron chi connectivity index (χ3n) is 11.3. The smallest absolute Gasteiger partial charge is 0.0547 e. The number of para-hydroxylation sites is 3. The van der Waals surface area contributed by atoms with Gasteiger partial charge in [-0.1, -0.05) is 158 Å². The Balaban J connectivity index is 1.06.